The lowest BCUT2D eigenvalue weighted by atomic mass is 9.87. The van der Waals surface area contributed by atoms with Gasteiger partial charge in [-0.05, 0) is 30.4 Å². The second-order valence-electron chi connectivity index (χ2n) is 7.61. The number of aromatic nitrogens is 3. The van der Waals surface area contributed by atoms with Crippen molar-refractivity contribution in [2.75, 3.05) is 25.6 Å². The van der Waals surface area contributed by atoms with E-state index in [9.17, 15) is 15.6 Å². The number of anilines is 1. The highest BCUT2D eigenvalue weighted by Gasteiger charge is 2.49. The van der Waals surface area contributed by atoms with Gasteiger partial charge in [-0.15, -0.1) is 0 Å². The largest absolute Gasteiger partial charge is 0.388 e. The van der Waals surface area contributed by atoms with Gasteiger partial charge >= 0.3 is 5.08 Å². The minimum atomic E-state index is -1.94. The molecule has 0 saturated heterocycles. The van der Waals surface area contributed by atoms with Crippen LogP contribution >= 0.6 is 0 Å². The lowest BCUT2D eigenvalue weighted by molar-refractivity contribution is -0.155. The molecule has 0 radical (unpaired) electrons. The third-order valence-corrected chi connectivity index (χ3v) is 5.36. The predicted octanol–water partition coefficient (Wildman–Crippen LogP) is 1.81. The lowest BCUT2D eigenvalue weighted by Gasteiger charge is -2.35. The van der Waals surface area contributed by atoms with Crippen molar-refractivity contribution in [3.8, 4) is 0 Å². The van der Waals surface area contributed by atoms with E-state index >= 15 is 0 Å². The van der Waals surface area contributed by atoms with E-state index in [1.807, 2.05) is 6.92 Å². The van der Waals surface area contributed by atoms with Crippen molar-refractivity contribution in [1.82, 2.24) is 20.0 Å². The number of rotatable bonds is 14. The summed E-state index contributed by atoms with van der Waals surface area (Å²) >= 11 is 0. The summed E-state index contributed by atoms with van der Waals surface area (Å²) < 4.78 is 13.0. The molecule has 2 heterocycles. The first-order valence-corrected chi connectivity index (χ1v) is 10.7. The third-order valence-electron chi connectivity index (χ3n) is 5.36. The van der Waals surface area contributed by atoms with Crippen molar-refractivity contribution in [1.29, 1.82) is 5.39 Å². The van der Waals surface area contributed by atoms with E-state index in [1.165, 1.54) is 10.8 Å². The van der Waals surface area contributed by atoms with E-state index in [-0.39, 0.29) is 18.1 Å². The zero-order chi connectivity index (χ0) is 22.9. The fourth-order valence-corrected chi connectivity index (χ4v) is 3.45. The topological polar surface area (TPSA) is 155 Å². The molecule has 0 spiro atoms. The second kappa shape index (κ2) is 11.8. The van der Waals surface area contributed by atoms with E-state index in [2.05, 4.69) is 27.5 Å². The van der Waals surface area contributed by atoms with E-state index in [0.717, 1.165) is 25.7 Å². The van der Waals surface area contributed by atoms with Crippen LogP contribution in [0.5, 0.6) is 0 Å². The zero-order valence-electron chi connectivity index (χ0n) is 18.4. The fourth-order valence-electron chi connectivity index (χ4n) is 3.45. The summed E-state index contributed by atoms with van der Waals surface area (Å²) in [5.74, 6) is -0.545. The van der Waals surface area contributed by atoms with Gasteiger partial charge in [0.05, 0.1) is 12.7 Å². The number of aliphatic hydroxyl groups is 2. The van der Waals surface area contributed by atoms with Crippen LogP contribution in [-0.2, 0) is 15.2 Å². The smallest absolute Gasteiger partial charge is 0.306 e. The number of aliphatic hydroxyl groups excluding tert-OH is 1. The van der Waals surface area contributed by atoms with Crippen molar-refractivity contribution in [2.45, 2.75) is 64.4 Å². The first kappa shape index (κ1) is 24.7. The Labute approximate surface area is 182 Å². The van der Waals surface area contributed by atoms with Crippen molar-refractivity contribution in [3.05, 3.63) is 29.2 Å². The molecule has 2 rings (SSSR count). The highest BCUT2D eigenvalue weighted by Crippen LogP contribution is 2.33. The minimum absolute atomic E-state index is 0.0531. The van der Waals surface area contributed by atoms with E-state index in [1.54, 1.807) is 19.1 Å². The summed E-state index contributed by atoms with van der Waals surface area (Å²) in [4.78, 5) is 3.95. The maximum atomic E-state index is 11.6. The molecule has 1 unspecified atom stereocenters. The summed E-state index contributed by atoms with van der Waals surface area (Å²) in [5.41, 5.74) is 7.06. The van der Waals surface area contributed by atoms with Gasteiger partial charge in [-0.25, -0.2) is 9.50 Å². The van der Waals surface area contributed by atoms with Gasteiger partial charge in [0.1, 0.15) is 23.6 Å². The molecule has 11 heteroatoms. The number of unbranched alkanes of at least 4 members (excludes halogenated alkanes) is 2. The summed E-state index contributed by atoms with van der Waals surface area (Å²) in [6.07, 6.45) is 3.00. The molecule has 0 fully saturated rings. The van der Waals surface area contributed by atoms with E-state index in [4.69, 9.17) is 15.2 Å². The molecule has 31 heavy (non-hydrogen) atoms. The second-order valence-corrected chi connectivity index (χ2v) is 7.61. The molecule has 2 aromatic rings. The van der Waals surface area contributed by atoms with Crippen LogP contribution in [0.15, 0.2) is 18.5 Å². The first-order valence-electron chi connectivity index (χ1n) is 10.7. The van der Waals surface area contributed by atoms with Gasteiger partial charge in [-0.3, -0.25) is 0 Å². The van der Waals surface area contributed by atoms with Gasteiger partial charge in [0.2, 0.25) is 0 Å². The molecular weight excluding hydrogens is 402 g/mol. The van der Waals surface area contributed by atoms with Gasteiger partial charge in [0.15, 0.2) is 5.82 Å². The van der Waals surface area contributed by atoms with Crippen molar-refractivity contribution in [3.63, 3.8) is 0 Å². The summed E-state index contributed by atoms with van der Waals surface area (Å²) in [6, 6.07) is 3.25. The van der Waals surface area contributed by atoms with E-state index in [0.29, 0.717) is 18.7 Å². The van der Waals surface area contributed by atoms with Crippen molar-refractivity contribution >= 4 is 11.3 Å². The minimum Gasteiger partial charge on any atom is -0.388 e. The summed E-state index contributed by atoms with van der Waals surface area (Å²) in [5, 5.41) is 38.8. The van der Waals surface area contributed by atoms with Crippen LogP contribution in [0.4, 0.5) is 5.82 Å². The molecule has 11 nitrogen and oxygen atoms in total. The maximum Gasteiger partial charge on any atom is 0.306 e. The Hall–Kier alpha value is -2.52. The van der Waals surface area contributed by atoms with Gasteiger partial charge in [-0.1, -0.05) is 33.6 Å². The van der Waals surface area contributed by atoms with Crippen molar-refractivity contribution < 1.29 is 19.7 Å². The van der Waals surface area contributed by atoms with Gasteiger partial charge < -0.3 is 25.4 Å². The number of nitrogen functional groups attached to an aromatic ring is 1. The number of hydrogen-bond acceptors (Lipinski definition) is 9. The predicted molar refractivity (Wildman–Crippen MR) is 115 cm³/mol. The molecule has 172 valence electrons. The Morgan fingerprint density at radius 2 is 2.00 bits per heavy atom. The third kappa shape index (κ3) is 5.80. The molecule has 0 bridgehead atoms. The van der Waals surface area contributed by atoms with Crippen LogP contribution in [0.2, 0.25) is 0 Å². The molecule has 5 N–H and O–H groups in total. The van der Waals surface area contributed by atoms with Crippen LogP contribution in [0, 0.1) is 11.3 Å². The van der Waals surface area contributed by atoms with E-state index < -0.39 is 23.9 Å². The highest BCUT2D eigenvalue weighted by atomic mass is 16.5. The average Bonchev–Trinajstić information content (AvgIpc) is 3.20. The van der Waals surface area contributed by atoms with Crippen molar-refractivity contribution in [2.24, 2.45) is 5.92 Å². The summed E-state index contributed by atoms with van der Waals surface area (Å²) in [7, 11) is 0. The van der Waals surface area contributed by atoms with Gasteiger partial charge in [-0.2, -0.15) is 5.10 Å². The van der Waals surface area contributed by atoms with Crippen LogP contribution < -0.4 is 11.2 Å². The molecule has 0 saturated carbocycles. The molecule has 2 aromatic heterocycles. The molecule has 0 aliphatic carbocycles. The highest BCUT2D eigenvalue weighted by molar-refractivity contribution is 5.65. The SMILES string of the molecule is CCCCOC[C@@H](O)[C@@H](OCCCC)[C@@H](C)C(O)(N[N+]#N)c1ccc2c(N)ncnn12. The lowest BCUT2D eigenvalue weighted by Crippen LogP contribution is -2.54. The fraction of sp³-hybridized carbons (Fsp3) is 0.700. The molecule has 0 aromatic carbocycles. The monoisotopic (exact) mass is 436 g/mol. The molecule has 0 amide bonds. The maximum absolute atomic E-state index is 11.6. The first-order chi connectivity index (χ1) is 14.9. The van der Waals surface area contributed by atoms with Crippen LogP contribution in [-0.4, -0.2) is 56.8 Å². The average molecular weight is 437 g/mol. The Bertz CT molecular complexity index is 856. The van der Waals surface area contributed by atoms with Gasteiger partial charge in [0.25, 0.3) is 11.1 Å². The quantitative estimate of drug-likeness (QED) is 0.150. The van der Waals surface area contributed by atoms with Crippen LogP contribution in [0.3, 0.4) is 0 Å². The zero-order valence-corrected chi connectivity index (χ0v) is 18.4. The van der Waals surface area contributed by atoms with Gasteiger partial charge in [0, 0.05) is 19.1 Å². The number of hydrogen-bond donors (Lipinski definition) is 4. The number of nitrogens with two attached hydrogens (primary N) is 1. The molecular formula is C20H34N7O4+. The Kier molecular flexibility index (Phi) is 9.39. The number of diazo groups is 1. The molecule has 0 aliphatic rings. The normalized spacial score (nSPS) is 16.4. The number of fused-ring (bicyclic) bond motifs is 1. The van der Waals surface area contributed by atoms with Crippen LogP contribution in [0.25, 0.3) is 10.6 Å². The molecule has 4 atom stereocenters. The summed E-state index contributed by atoms with van der Waals surface area (Å²) in [6.45, 7) is 6.75. The molecule has 0 aliphatic heterocycles. The standard InChI is InChI=1S/C20H34N7O4/c1-4-6-10-30-12-16(28)18(31-11-7-5-2)14(3)20(29,25-26-22)17-9-8-15-19(21)23-13-24-27(15)17/h8-9,13-14,16,18,25,28-29H,4-7,10-12H2,1-3H3,(H2,21,23,24)/q+1/t14-,16-,18+,20?/m1/s1. The van der Waals surface area contributed by atoms with Crippen LogP contribution in [0.1, 0.15) is 52.1 Å². The Balaban J connectivity index is 2.36. The number of ether oxygens (including phenoxy) is 2. The Morgan fingerprint density at radius 3 is 2.68 bits per heavy atom. The Morgan fingerprint density at radius 1 is 1.29 bits per heavy atom. The number of nitrogens with one attached hydrogen (secondary N) is 1. The number of nitrogens with zero attached hydrogens (tertiary/aromatic N) is 5.